The maximum absolute atomic E-state index is 4.60. The number of hydrogen-bond donors (Lipinski definition) is 1. The van der Waals surface area contributed by atoms with Crippen LogP contribution in [0.15, 0.2) is 30.6 Å². The quantitative estimate of drug-likeness (QED) is 0.625. The highest BCUT2D eigenvalue weighted by Gasteiger charge is 2.08. The summed E-state index contributed by atoms with van der Waals surface area (Å²) in [5.74, 6) is 1.02. The fourth-order valence-electron chi connectivity index (χ4n) is 2.85. The van der Waals surface area contributed by atoms with Crippen molar-refractivity contribution in [1.82, 2.24) is 29.4 Å². The Kier molecular flexibility index (Phi) is 3.41. The average molecular weight is 321 g/mol. The van der Waals surface area contributed by atoms with Gasteiger partial charge in [-0.25, -0.2) is 4.98 Å². The molecule has 0 aliphatic heterocycles. The van der Waals surface area contributed by atoms with Crippen molar-refractivity contribution < 1.29 is 0 Å². The van der Waals surface area contributed by atoms with Gasteiger partial charge in [-0.1, -0.05) is 13.0 Å². The Balaban J connectivity index is 1.64. The third kappa shape index (κ3) is 2.38. The molecule has 122 valence electrons. The summed E-state index contributed by atoms with van der Waals surface area (Å²) >= 11 is 0. The molecule has 0 saturated carbocycles. The highest BCUT2D eigenvalue weighted by molar-refractivity contribution is 5.77. The van der Waals surface area contributed by atoms with Crippen LogP contribution < -0.4 is 5.32 Å². The number of aryl methyl sites for hydroxylation is 3. The lowest BCUT2D eigenvalue weighted by molar-refractivity contribution is 0.856. The molecular weight excluding hydrogens is 302 g/mol. The van der Waals surface area contributed by atoms with Crippen LogP contribution in [0.3, 0.4) is 0 Å². The van der Waals surface area contributed by atoms with Gasteiger partial charge in [-0.3, -0.25) is 0 Å². The summed E-state index contributed by atoms with van der Waals surface area (Å²) in [5, 5.41) is 16.0. The largest absolute Gasteiger partial charge is 0.378 e. The van der Waals surface area contributed by atoms with Crippen molar-refractivity contribution >= 4 is 22.4 Å². The van der Waals surface area contributed by atoms with Crippen LogP contribution in [0.25, 0.3) is 16.7 Å². The van der Waals surface area contributed by atoms with E-state index in [1.54, 1.807) is 10.8 Å². The van der Waals surface area contributed by atoms with Gasteiger partial charge in [0.1, 0.15) is 12.2 Å². The van der Waals surface area contributed by atoms with Gasteiger partial charge in [0.15, 0.2) is 0 Å². The number of benzene rings is 1. The zero-order valence-corrected chi connectivity index (χ0v) is 14.0. The molecule has 0 fully saturated rings. The van der Waals surface area contributed by atoms with Crippen LogP contribution in [0.1, 0.15) is 24.0 Å². The Labute approximate surface area is 139 Å². The molecule has 24 heavy (non-hydrogen) atoms. The molecule has 7 nitrogen and oxygen atoms in total. The molecule has 0 spiro atoms. The van der Waals surface area contributed by atoms with E-state index in [0.29, 0.717) is 6.54 Å². The van der Waals surface area contributed by atoms with Crippen LogP contribution in [0.2, 0.25) is 0 Å². The predicted octanol–water partition coefficient (Wildman–Crippen LogP) is 2.49. The number of hydrogen-bond acceptors (Lipinski definition) is 5. The average Bonchev–Trinajstić information content (AvgIpc) is 3.17. The van der Waals surface area contributed by atoms with Crippen molar-refractivity contribution in [3.05, 3.63) is 47.7 Å². The van der Waals surface area contributed by atoms with E-state index in [1.165, 1.54) is 5.56 Å². The molecule has 0 bridgehead atoms. The molecule has 4 aromatic rings. The van der Waals surface area contributed by atoms with E-state index in [4.69, 9.17) is 0 Å². The van der Waals surface area contributed by atoms with E-state index < -0.39 is 0 Å². The molecule has 0 saturated heterocycles. The molecule has 1 N–H and O–H groups in total. The summed E-state index contributed by atoms with van der Waals surface area (Å²) in [7, 11) is 2.04. The van der Waals surface area contributed by atoms with Gasteiger partial charge in [-0.2, -0.15) is 9.61 Å². The van der Waals surface area contributed by atoms with Crippen LogP contribution >= 0.6 is 0 Å². The molecule has 0 unspecified atom stereocenters. The van der Waals surface area contributed by atoms with Gasteiger partial charge in [0.05, 0.1) is 22.4 Å². The number of aromatic nitrogens is 6. The molecule has 0 radical (unpaired) electrons. The molecule has 3 heterocycles. The fraction of sp³-hybridized carbons (Fsp3) is 0.294. The minimum Gasteiger partial charge on any atom is -0.378 e. The first-order valence-corrected chi connectivity index (χ1v) is 8.01. The first kappa shape index (κ1) is 14.6. The Hall–Kier alpha value is -2.96. The SMILES string of the molecule is CCc1cc(NCc2ccc3c(c2)nc(C)n3C)c2nncn2n1. The number of imidazole rings is 1. The summed E-state index contributed by atoms with van der Waals surface area (Å²) < 4.78 is 3.81. The summed E-state index contributed by atoms with van der Waals surface area (Å²) in [6, 6.07) is 8.40. The lowest BCUT2D eigenvalue weighted by atomic mass is 10.2. The van der Waals surface area contributed by atoms with Crippen LogP contribution in [0, 0.1) is 6.92 Å². The van der Waals surface area contributed by atoms with Gasteiger partial charge < -0.3 is 9.88 Å². The minimum absolute atomic E-state index is 0.696. The number of fused-ring (bicyclic) bond motifs is 2. The van der Waals surface area contributed by atoms with Crippen molar-refractivity contribution in [2.24, 2.45) is 7.05 Å². The van der Waals surface area contributed by atoms with E-state index in [1.807, 2.05) is 20.0 Å². The second kappa shape index (κ2) is 5.59. The Morgan fingerprint density at radius 3 is 2.92 bits per heavy atom. The maximum Gasteiger partial charge on any atom is 0.200 e. The molecule has 0 aliphatic rings. The van der Waals surface area contributed by atoms with Gasteiger partial charge in [0.2, 0.25) is 5.65 Å². The molecule has 0 amide bonds. The second-order valence-electron chi connectivity index (χ2n) is 5.90. The highest BCUT2D eigenvalue weighted by Crippen LogP contribution is 2.19. The van der Waals surface area contributed by atoms with E-state index in [9.17, 15) is 0 Å². The van der Waals surface area contributed by atoms with Crippen LogP contribution in [-0.4, -0.2) is 29.4 Å². The molecular formula is C17H19N7. The van der Waals surface area contributed by atoms with Crippen molar-refractivity contribution in [1.29, 1.82) is 0 Å². The molecule has 1 aromatic carbocycles. The van der Waals surface area contributed by atoms with Gasteiger partial charge in [-0.15, -0.1) is 10.2 Å². The third-order valence-corrected chi connectivity index (χ3v) is 4.33. The summed E-state index contributed by atoms with van der Waals surface area (Å²) in [4.78, 5) is 4.60. The topological polar surface area (TPSA) is 72.9 Å². The Morgan fingerprint density at radius 2 is 2.08 bits per heavy atom. The van der Waals surface area contributed by atoms with Gasteiger partial charge in [0.25, 0.3) is 0 Å². The van der Waals surface area contributed by atoms with Crippen molar-refractivity contribution in [2.45, 2.75) is 26.8 Å². The Bertz CT molecular complexity index is 1030. The van der Waals surface area contributed by atoms with Crippen molar-refractivity contribution in [3.8, 4) is 0 Å². The lowest BCUT2D eigenvalue weighted by Gasteiger charge is -2.09. The summed E-state index contributed by atoms with van der Waals surface area (Å²) in [5.41, 5.74) is 6.02. The van der Waals surface area contributed by atoms with Gasteiger partial charge in [-0.05, 0) is 37.1 Å². The first-order valence-electron chi connectivity index (χ1n) is 8.01. The first-order chi connectivity index (χ1) is 11.7. The van der Waals surface area contributed by atoms with E-state index in [0.717, 1.165) is 40.3 Å². The number of nitrogens with one attached hydrogen (secondary N) is 1. The molecule has 4 rings (SSSR count). The second-order valence-corrected chi connectivity index (χ2v) is 5.90. The standard InChI is InChI=1S/C17H19N7/c1-4-13-8-15(17-21-19-10-24(17)22-13)18-9-12-5-6-16-14(7-12)20-11(2)23(16)3/h5-8,10,18H,4,9H2,1-3H3. The van der Waals surface area contributed by atoms with Gasteiger partial charge in [0, 0.05) is 13.6 Å². The highest BCUT2D eigenvalue weighted by atomic mass is 15.3. The number of rotatable bonds is 4. The number of nitrogens with zero attached hydrogens (tertiary/aromatic N) is 6. The zero-order chi connectivity index (χ0) is 16.7. The van der Waals surface area contributed by atoms with E-state index >= 15 is 0 Å². The van der Waals surface area contributed by atoms with Crippen LogP contribution in [-0.2, 0) is 20.0 Å². The van der Waals surface area contributed by atoms with Crippen molar-refractivity contribution in [3.63, 3.8) is 0 Å². The normalized spacial score (nSPS) is 11.5. The van der Waals surface area contributed by atoms with Crippen LogP contribution in [0.4, 0.5) is 5.69 Å². The van der Waals surface area contributed by atoms with E-state index in [2.05, 4.69) is 55.3 Å². The summed E-state index contributed by atoms with van der Waals surface area (Å²) in [6.07, 6.45) is 2.49. The monoisotopic (exact) mass is 321 g/mol. The zero-order valence-electron chi connectivity index (χ0n) is 14.0. The maximum atomic E-state index is 4.60. The lowest BCUT2D eigenvalue weighted by Crippen LogP contribution is -2.05. The van der Waals surface area contributed by atoms with Gasteiger partial charge >= 0.3 is 0 Å². The molecule has 0 aliphatic carbocycles. The fourth-order valence-corrected chi connectivity index (χ4v) is 2.85. The third-order valence-electron chi connectivity index (χ3n) is 4.33. The molecule has 0 atom stereocenters. The minimum atomic E-state index is 0.696. The predicted molar refractivity (Wildman–Crippen MR) is 92.9 cm³/mol. The summed E-state index contributed by atoms with van der Waals surface area (Å²) in [6.45, 7) is 4.80. The smallest absolute Gasteiger partial charge is 0.200 e. The van der Waals surface area contributed by atoms with E-state index in [-0.39, 0.29) is 0 Å². The molecule has 3 aromatic heterocycles. The Morgan fingerprint density at radius 1 is 1.21 bits per heavy atom. The molecule has 7 heteroatoms. The number of anilines is 1. The van der Waals surface area contributed by atoms with Crippen LogP contribution in [0.5, 0.6) is 0 Å². The van der Waals surface area contributed by atoms with Crippen molar-refractivity contribution in [2.75, 3.05) is 5.32 Å².